The summed E-state index contributed by atoms with van der Waals surface area (Å²) in [6.07, 6.45) is -0.646. The van der Waals surface area contributed by atoms with E-state index in [-0.39, 0.29) is 25.7 Å². The SMILES string of the molecule is C[C@@H](NC(=O)C1(C)COCC1NC(=O)OCC1c2ccccc2-c2ccccc21)C(=O)O. The third-order valence-corrected chi connectivity index (χ3v) is 6.33. The van der Waals surface area contributed by atoms with Crippen LogP contribution in [0.5, 0.6) is 0 Å². The van der Waals surface area contributed by atoms with Gasteiger partial charge in [-0.2, -0.15) is 0 Å². The second kappa shape index (κ2) is 8.63. The number of fused-ring (bicyclic) bond motifs is 3. The van der Waals surface area contributed by atoms with Crippen molar-refractivity contribution in [2.24, 2.45) is 5.41 Å². The van der Waals surface area contributed by atoms with E-state index in [1.54, 1.807) is 6.92 Å². The molecule has 0 saturated carbocycles. The summed E-state index contributed by atoms with van der Waals surface area (Å²) in [6.45, 7) is 3.38. The van der Waals surface area contributed by atoms with E-state index in [0.29, 0.717) is 0 Å². The molecule has 1 heterocycles. The van der Waals surface area contributed by atoms with Gasteiger partial charge in [0.2, 0.25) is 5.91 Å². The number of hydrogen-bond acceptors (Lipinski definition) is 5. The highest BCUT2D eigenvalue weighted by atomic mass is 16.5. The zero-order valence-electron chi connectivity index (χ0n) is 18.0. The highest BCUT2D eigenvalue weighted by Crippen LogP contribution is 2.44. The van der Waals surface area contributed by atoms with Gasteiger partial charge in [-0.05, 0) is 36.1 Å². The second-order valence-corrected chi connectivity index (χ2v) is 8.49. The van der Waals surface area contributed by atoms with E-state index in [1.807, 2.05) is 36.4 Å². The molecular formula is C24H26N2O6. The maximum Gasteiger partial charge on any atom is 0.407 e. The molecule has 8 heteroatoms. The van der Waals surface area contributed by atoms with Crippen LogP contribution in [0.15, 0.2) is 48.5 Å². The predicted octanol–water partition coefficient (Wildman–Crippen LogP) is 2.52. The van der Waals surface area contributed by atoms with Gasteiger partial charge in [0, 0.05) is 5.92 Å². The van der Waals surface area contributed by atoms with Gasteiger partial charge in [0.05, 0.1) is 24.7 Å². The molecule has 1 aliphatic heterocycles. The lowest BCUT2D eigenvalue weighted by molar-refractivity contribution is -0.143. The first kappa shape index (κ1) is 21.8. The summed E-state index contributed by atoms with van der Waals surface area (Å²) in [6, 6.07) is 14.4. The molecule has 0 spiro atoms. The number of alkyl carbamates (subject to hydrolysis) is 1. The minimum Gasteiger partial charge on any atom is -0.480 e. The number of benzene rings is 2. The molecule has 0 aromatic heterocycles. The first-order valence-corrected chi connectivity index (χ1v) is 10.5. The molecule has 4 rings (SSSR count). The fourth-order valence-corrected chi connectivity index (χ4v) is 4.30. The molecule has 2 aromatic carbocycles. The molecule has 168 valence electrons. The normalized spacial score (nSPS) is 22.5. The van der Waals surface area contributed by atoms with Crippen molar-refractivity contribution in [2.75, 3.05) is 19.8 Å². The molecule has 3 N–H and O–H groups in total. The molecule has 2 unspecified atom stereocenters. The van der Waals surface area contributed by atoms with Crippen molar-refractivity contribution in [3.8, 4) is 11.1 Å². The number of carboxylic acids is 1. The maximum absolute atomic E-state index is 12.7. The first-order chi connectivity index (χ1) is 15.3. The molecular weight excluding hydrogens is 412 g/mol. The zero-order valence-corrected chi connectivity index (χ0v) is 18.0. The van der Waals surface area contributed by atoms with Crippen molar-refractivity contribution in [1.29, 1.82) is 0 Å². The van der Waals surface area contributed by atoms with E-state index < -0.39 is 35.5 Å². The van der Waals surface area contributed by atoms with Crippen molar-refractivity contribution in [3.63, 3.8) is 0 Å². The Bertz CT molecular complexity index is 1010. The van der Waals surface area contributed by atoms with Gasteiger partial charge in [-0.25, -0.2) is 4.79 Å². The van der Waals surface area contributed by atoms with Crippen molar-refractivity contribution in [3.05, 3.63) is 59.7 Å². The smallest absolute Gasteiger partial charge is 0.407 e. The van der Waals surface area contributed by atoms with Gasteiger partial charge in [0.1, 0.15) is 12.6 Å². The predicted molar refractivity (Wildman–Crippen MR) is 116 cm³/mol. The van der Waals surface area contributed by atoms with Gasteiger partial charge in [0.25, 0.3) is 0 Å². The average Bonchev–Trinajstić information content (AvgIpc) is 3.31. The largest absolute Gasteiger partial charge is 0.480 e. The molecule has 1 saturated heterocycles. The number of rotatable bonds is 6. The Morgan fingerprint density at radius 3 is 2.31 bits per heavy atom. The van der Waals surface area contributed by atoms with Crippen LogP contribution in [0, 0.1) is 5.41 Å². The number of nitrogens with one attached hydrogen (secondary N) is 2. The molecule has 2 aliphatic rings. The summed E-state index contributed by atoms with van der Waals surface area (Å²) in [7, 11) is 0. The molecule has 0 radical (unpaired) electrons. The van der Waals surface area contributed by atoms with Crippen LogP contribution in [0.4, 0.5) is 4.79 Å². The fourth-order valence-electron chi connectivity index (χ4n) is 4.30. The number of carbonyl (C=O) groups is 3. The molecule has 32 heavy (non-hydrogen) atoms. The lowest BCUT2D eigenvalue weighted by Crippen LogP contribution is -2.55. The van der Waals surface area contributed by atoms with Crippen LogP contribution >= 0.6 is 0 Å². The standard InChI is InChI=1S/C24H26N2O6/c1-14(21(27)28)25-22(29)24(2)13-31-12-20(24)26-23(30)32-11-19-17-9-5-3-7-15(17)16-8-4-6-10-18(16)19/h3-10,14,19-20H,11-13H2,1-2H3,(H,25,29)(H,26,30)(H,27,28)/t14-,20?,24?/m1/s1. The van der Waals surface area contributed by atoms with Crippen LogP contribution in [0.2, 0.25) is 0 Å². The number of amides is 2. The third-order valence-electron chi connectivity index (χ3n) is 6.33. The summed E-state index contributed by atoms with van der Waals surface area (Å²) in [5.74, 6) is -1.70. The van der Waals surface area contributed by atoms with Gasteiger partial charge < -0.3 is 25.2 Å². The van der Waals surface area contributed by atoms with Crippen LogP contribution in [-0.4, -0.2) is 55.0 Å². The third kappa shape index (κ3) is 3.93. The van der Waals surface area contributed by atoms with Crippen LogP contribution in [-0.2, 0) is 19.1 Å². The Morgan fingerprint density at radius 2 is 1.72 bits per heavy atom. The second-order valence-electron chi connectivity index (χ2n) is 8.49. The van der Waals surface area contributed by atoms with Crippen LogP contribution in [0.1, 0.15) is 30.9 Å². The van der Waals surface area contributed by atoms with Gasteiger partial charge in [-0.15, -0.1) is 0 Å². The van der Waals surface area contributed by atoms with Crippen molar-refractivity contribution < 1.29 is 29.0 Å². The number of ether oxygens (including phenoxy) is 2. The Morgan fingerprint density at radius 1 is 1.12 bits per heavy atom. The van der Waals surface area contributed by atoms with Gasteiger partial charge >= 0.3 is 12.1 Å². The number of hydrogen-bond donors (Lipinski definition) is 3. The summed E-state index contributed by atoms with van der Waals surface area (Å²) in [4.78, 5) is 36.3. The maximum atomic E-state index is 12.7. The fraction of sp³-hybridized carbons (Fsp3) is 0.375. The monoisotopic (exact) mass is 438 g/mol. The number of aliphatic carboxylic acids is 1. The Kier molecular flexibility index (Phi) is 5.88. The Hall–Kier alpha value is -3.39. The molecule has 8 nitrogen and oxygen atoms in total. The summed E-state index contributed by atoms with van der Waals surface area (Å²) >= 11 is 0. The minimum atomic E-state index is -1.14. The zero-order chi connectivity index (χ0) is 22.9. The van der Waals surface area contributed by atoms with E-state index in [4.69, 9.17) is 14.6 Å². The summed E-state index contributed by atoms with van der Waals surface area (Å²) in [5.41, 5.74) is 3.39. The van der Waals surface area contributed by atoms with Crippen LogP contribution in [0.25, 0.3) is 11.1 Å². The number of carboxylic acid groups (broad SMARTS) is 1. The number of carbonyl (C=O) groups excluding carboxylic acids is 2. The molecule has 2 aromatic rings. The molecule has 2 amide bonds. The van der Waals surface area contributed by atoms with E-state index in [1.165, 1.54) is 6.92 Å². The van der Waals surface area contributed by atoms with Gasteiger partial charge in [-0.3, -0.25) is 9.59 Å². The van der Waals surface area contributed by atoms with Crippen LogP contribution < -0.4 is 10.6 Å². The molecule has 0 bridgehead atoms. The quantitative estimate of drug-likeness (QED) is 0.639. The summed E-state index contributed by atoms with van der Waals surface area (Å²) < 4.78 is 11.0. The van der Waals surface area contributed by atoms with E-state index in [9.17, 15) is 14.4 Å². The Balaban J connectivity index is 1.41. The molecule has 1 aliphatic carbocycles. The lowest BCUT2D eigenvalue weighted by Gasteiger charge is -2.29. The van der Waals surface area contributed by atoms with Gasteiger partial charge in [-0.1, -0.05) is 48.5 Å². The summed E-state index contributed by atoms with van der Waals surface area (Å²) in [5, 5.41) is 14.2. The Labute approximate surface area is 185 Å². The van der Waals surface area contributed by atoms with E-state index >= 15 is 0 Å². The average molecular weight is 438 g/mol. The van der Waals surface area contributed by atoms with Crippen molar-refractivity contribution in [2.45, 2.75) is 31.8 Å². The van der Waals surface area contributed by atoms with E-state index in [0.717, 1.165) is 22.3 Å². The lowest BCUT2D eigenvalue weighted by atomic mass is 9.84. The minimum absolute atomic E-state index is 0.0689. The highest BCUT2D eigenvalue weighted by Gasteiger charge is 2.48. The highest BCUT2D eigenvalue weighted by molar-refractivity contribution is 5.88. The van der Waals surface area contributed by atoms with Gasteiger partial charge in [0.15, 0.2) is 0 Å². The van der Waals surface area contributed by atoms with Crippen molar-refractivity contribution in [1.82, 2.24) is 10.6 Å². The van der Waals surface area contributed by atoms with Crippen LogP contribution in [0.3, 0.4) is 0 Å². The first-order valence-electron chi connectivity index (χ1n) is 10.5. The molecule has 3 atom stereocenters. The molecule has 1 fully saturated rings. The van der Waals surface area contributed by atoms with E-state index in [2.05, 4.69) is 22.8 Å². The van der Waals surface area contributed by atoms with Crippen molar-refractivity contribution >= 4 is 18.0 Å². The topological polar surface area (TPSA) is 114 Å².